The van der Waals surface area contributed by atoms with E-state index in [2.05, 4.69) is 10.6 Å². The number of nitrogens with one attached hydrogen (secondary N) is 2. The van der Waals surface area contributed by atoms with Crippen LogP contribution in [0.5, 0.6) is 0 Å². The van der Waals surface area contributed by atoms with Gasteiger partial charge in [0.2, 0.25) is 0 Å². The number of carbonyl (C=O) groups excluding carboxylic acids is 1. The zero-order valence-corrected chi connectivity index (χ0v) is 11.4. The van der Waals surface area contributed by atoms with Crippen molar-refractivity contribution in [1.29, 1.82) is 0 Å². The molecule has 0 bridgehead atoms. The predicted molar refractivity (Wildman–Crippen MR) is 73.6 cm³/mol. The Hall–Kier alpha value is -2.15. The summed E-state index contributed by atoms with van der Waals surface area (Å²) >= 11 is 0. The number of benzene rings is 1. The molecule has 0 aromatic heterocycles. The molecular weight excluding hydrogens is 265 g/mol. The first-order chi connectivity index (χ1) is 9.47. The van der Waals surface area contributed by atoms with Gasteiger partial charge in [-0.25, -0.2) is 14.0 Å². The van der Waals surface area contributed by atoms with Gasteiger partial charge in [0.25, 0.3) is 0 Å². The predicted octanol–water partition coefficient (Wildman–Crippen LogP) is 1.60. The van der Waals surface area contributed by atoms with E-state index in [1.807, 2.05) is 7.05 Å². The SMILES string of the molecule is CNCCCN(C)C(=O)Nc1cccc(F)c1C(=O)O. The highest BCUT2D eigenvalue weighted by atomic mass is 19.1. The molecule has 2 amide bonds. The number of aromatic carboxylic acids is 1. The van der Waals surface area contributed by atoms with Crippen LogP contribution in [0.2, 0.25) is 0 Å². The van der Waals surface area contributed by atoms with Crippen molar-refractivity contribution in [3.05, 3.63) is 29.6 Å². The molecule has 0 aliphatic carbocycles. The summed E-state index contributed by atoms with van der Waals surface area (Å²) in [6.45, 7) is 1.27. The van der Waals surface area contributed by atoms with Gasteiger partial charge < -0.3 is 20.6 Å². The van der Waals surface area contributed by atoms with Gasteiger partial charge >= 0.3 is 12.0 Å². The lowest BCUT2D eigenvalue weighted by molar-refractivity contribution is 0.0693. The van der Waals surface area contributed by atoms with Crippen molar-refractivity contribution in [2.24, 2.45) is 0 Å². The zero-order chi connectivity index (χ0) is 15.1. The van der Waals surface area contributed by atoms with Crippen molar-refractivity contribution in [2.45, 2.75) is 6.42 Å². The van der Waals surface area contributed by atoms with Crippen molar-refractivity contribution >= 4 is 17.7 Å². The molecule has 0 saturated carbocycles. The summed E-state index contributed by atoms with van der Waals surface area (Å²) in [4.78, 5) is 24.3. The molecule has 1 rings (SSSR count). The largest absolute Gasteiger partial charge is 0.478 e. The van der Waals surface area contributed by atoms with Crippen LogP contribution in [-0.2, 0) is 0 Å². The van der Waals surface area contributed by atoms with Crippen LogP contribution in [0.15, 0.2) is 18.2 Å². The quantitative estimate of drug-likeness (QED) is 0.693. The van der Waals surface area contributed by atoms with E-state index in [-0.39, 0.29) is 5.69 Å². The lowest BCUT2D eigenvalue weighted by Crippen LogP contribution is -2.33. The lowest BCUT2D eigenvalue weighted by atomic mass is 10.1. The molecule has 0 radical (unpaired) electrons. The second-order valence-electron chi connectivity index (χ2n) is 4.28. The van der Waals surface area contributed by atoms with Crippen LogP contribution in [0.25, 0.3) is 0 Å². The van der Waals surface area contributed by atoms with Crippen LogP contribution in [0.1, 0.15) is 16.8 Å². The number of nitrogens with zero attached hydrogens (tertiary/aromatic N) is 1. The van der Waals surface area contributed by atoms with Crippen molar-refractivity contribution in [1.82, 2.24) is 10.2 Å². The third kappa shape index (κ3) is 4.20. The maximum atomic E-state index is 13.4. The Labute approximate surface area is 116 Å². The number of hydrogen-bond acceptors (Lipinski definition) is 3. The number of hydrogen-bond donors (Lipinski definition) is 3. The summed E-state index contributed by atoms with van der Waals surface area (Å²) in [7, 11) is 3.40. The van der Waals surface area contributed by atoms with E-state index in [9.17, 15) is 14.0 Å². The van der Waals surface area contributed by atoms with E-state index in [4.69, 9.17) is 5.11 Å². The fourth-order valence-electron chi connectivity index (χ4n) is 1.65. The molecule has 7 heteroatoms. The molecule has 3 N–H and O–H groups in total. The second kappa shape index (κ2) is 7.44. The molecule has 0 heterocycles. The van der Waals surface area contributed by atoms with Crippen molar-refractivity contribution < 1.29 is 19.1 Å². The average Bonchev–Trinajstić information content (AvgIpc) is 2.38. The first kappa shape index (κ1) is 15.9. The Bertz CT molecular complexity index is 494. The molecule has 6 nitrogen and oxygen atoms in total. The number of carboxylic acid groups (broad SMARTS) is 1. The fourth-order valence-corrected chi connectivity index (χ4v) is 1.65. The number of carbonyl (C=O) groups is 2. The highest BCUT2D eigenvalue weighted by molar-refractivity contribution is 6.00. The Balaban J connectivity index is 2.75. The maximum Gasteiger partial charge on any atom is 0.340 e. The van der Waals surface area contributed by atoms with Crippen molar-refractivity contribution in [2.75, 3.05) is 32.5 Å². The molecule has 0 unspecified atom stereocenters. The molecule has 0 saturated heterocycles. The van der Waals surface area contributed by atoms with Gasteiger partial charge in [0.1, 0.15) is 11.4 Å². The summed E-state index contributed by atoms with van der Waals surface area (Å²) < 4.78 is 13.4. The number of anilines is 1. The summed E-state index contributed by atoms with van der Waals surface area (Å²) in [6, 6.07) is 3.26. The van der Waals surface area contributed by atoms with E-state index in [1.165, 1.54) is 17.0 Å². The van der Waals surface area contributed by atoms with Crippen LogP contribution >= 0.6 is 0 Å². The average molecular weight is 283 g/mol. The Kier molecular flexibility index (Phi) is 5.92. The van der Waals surface area contributed by atoms with Crippen LogP contribution in [0, 0.1) is 5.82 Å². The van der Waals surface area contributed by atoms with Gasteiger partial charge in [0.15, 0.2) is 0 Å². The molecule has 0 spiro atoms. The van der Waals surface area contributed by atoms with Gasteiger partial charge in [-0.05, 0) is 32.1 Å². The molecule has 0 aliphatic rings. The summed E-state index contributed by atoms with van der Waals surface area (Å²) in [6.07, 6.45) is 0.759. The molecule has 0 aliphatic heterocycles. The number of halogens is 1. The molecular formula is C13H18FN3O3. The van der Waals surface area contributed by atoms with E-state index < -0.39 is 23.4 Å². The molecule has 0 atom stereocenters. The van der Waals surface area contributed by atoms with Gasteiger partial charge in [-0.3, -0.25) is 0 Å². The number of rotatable bonds is 6. The van der Waals surface area contributed by atoms with Gasteiger partial charge in [0, 0.05) is 13.6 Å². The number of amides is 2. The highest BCUT2D eigenvalue weighted by Gasteiger charge is 2.18. The number of carboxylic acids is 1. The van der Waals surface area contributed by atoms with Gasteiger partial charge in [-0.2, -0.15) is 0 Å². The van der Waals surface area contributed by atoms with Crippen LogP contribution in [-0.4, -0.2) is 49.2 Å². The second-order valence-corrected chi connectivity index (χ2v) is 4.28. The van der Waals surface area contributed by atoms with Gasteiger partial charge in [-0.1, -0.05) is 6.07 Å². The third-order valence-electron chi connectivity index (χ3n) is 2.74. The summed E-state index contributed by atoms with van der Waals surface area (Å²) in [5, 5.41) is 14.3. The maximum absolute atomic E-state index is 13.4. The van der Waals surface area contributed by atoms with Gasteiger partial charge in [0.05, 0.1) is 5.69 Å². The zero-order valence-electron chi connectivity index (χ0n) is 11.4. The molecule has 1 aromatic carbocycles. The minimum atomic E-state index is -1.42. The fraction of sp³-hybridized carbons (Fsp3) is 0.385. The minimum Gasteiger partial charge on any atom is -0.478 e. The van der Waals surface area contributed by atoms with E-state index in [1.54, 1.807) is 7.05 Å². The van der Waals surface area contributed by atoms with E-state index >= 15 is 0 Å². The highest BCUT2D eigenvalue weighted by Crippen LogP contribution is 2.19. The Morgan fingerprint density at radius 1 is 1.40 bits per heavy atom. The summed E-state index contributed by atoms with van der Waals surface area (Å²) in [5.41, 5.74) is -0.590. The summed E-state index contributed by atoms with van der Waals surface area (Å²) in [5.74, 6) is -2.30. The number of urea groups is 1. The monoisotopic (exact) mass is 283 g/mol. The van der Waals surface area contributed by atoms with E-state index in [0.29, 0.717) is 6.54 Å². The first-order valence-corrected chi connectivity index (χ1v) is 6.16. The molecule has 1 aromatic rings. The topological polar surface area (TPSA) is 81.7 Å². The molecule has 20 heavy (non-hydrogen) atoms. The van der Waals surface area contributed by atoms with Crippen LogP contribution in [0.4, 0.5) is 14.9 Å². The Morgan fingerprint density at radius 2 is 2.10 bits per heavy atom. The van der Waals surface area contributed by atoms with Crippen LogP contribution < -0.4 is 10.6 Å². The van der Waals surface area contributed by atoms with Crippen LogP contribution in [0.3, 0.4) is 0 Å². The van der Waals surface area contributed by atoms with E-state index in [0.717, 1.165) is 19.0 Å². The lowest BCUT2D eigenvalue weighted by Gasteiger charge is -2.18. The molecule has 110 valence electrons. The van der Waals surface area contributed by atoms with Crippen molar-refractivity contribution in [3.63, 3.8) is 0 Å². The Morgan fingerprint density at radius 3 is 2.70 bits per heavy atom. The van der Waals surface area contributed by atoms with Gasteiger partial charge in [-0.15, -0.1) is 0 Å². The molecule has 0 fully saturated rings. The first-order valence-electron chi connectivity index (χ1n) is 6.16. The third-order valence-corrected chi connectivity index (χ3v) is 2.74. The standard InChI is InChI=1S/C13H18FN3O3/c1-15-7-4-8-17(2)13(20)16-10-6-3-5-9(14)11(10)12(18)19/h3,5-6,15H,4,7-8H2,1-2H3,(H,16,20)(H,18,19). The smallest absolute Gasteiger partial charge is 0.340 e. The van der Waals surface area contributed by atoms with Crippen molar-refractivity contribution in [3.8, 4) is 0 Å². The normalized spacial score (nSPS) is 10.2. The minimum absolute atomic E-state index is 0.0528.